The third kappa shape index (κ3) is 3.46. The Morgan fingerprint density at radius 3 is 2.00 bits per heavy atom. The Labute approximate surface area is 162 Å². The van der Waals surface area contributed by atoms with Crippen LogP contribution in [0.5, 0.6) is 0 Å². The highest BCUT2D eigenvalue weighted by Crippen LogP contribution is 2.24. The van der Waals surface area contributed by atoms with Crippen molar-refractivity contribution in [3.63, 3.8) is 0 Å². The number of fused-ring (bicyclic) bond motifs is 1. The second kappa shape index (κ2) is 7.40. The maximum Gasteiger partial charge on any atom is 0.274 e. The second-order valence-corrected chi connectivity index (χ2v) is 8.53. The summed E-state index contributed by atoms with van der Waals surface area (Å²) in [5.41, 5.74) is 1.24. The highest BCUT2D eigenvalue weighted by atomic mass is 32.2. The van der Waals surface area contributed by atoms with Crippen LogP contribution in [0.3, 0.4) is 0 Å². The van der Waals surface area contributed by atoms with Gasteiger partial charge in [-0.25, -0.2) is 13.1 Å². The molecule has 0 aliphatic rings. The van der Waals surface area contributed by atoms with Crippen LogP contribution in [-0.4, -0.2) is 24.0 Å². The predicted octanol–water partition coefficient (Wildman–Crippen LogP) is 3.54. The minimum absolute atomic E-state index is 0.0132. The average molecular weight is 390 g/mol. The summed E-state index contributed by atoms with van der Waals surface area (Å²) < 4.78 is 26.4. The molecule has 0 saturated heterocycles. The molecule has 3 aromatic carbocycles. The molecule has 4 aromatic rings. The minimum atomic E-state index is -3.51. The van der Waals surface area contributed by atoms with Crippen LogP contribution < -0.4 is 5.56 Å². The van der Waals surface area contributed by atoms with Crippen LogP contribution in [0.15, 0.2) is 94.6 Å². The van der Waals surface area contributed by atoms with Crippen molar-refractivity contribution in [2.75, 3.05) is 5.75 Å². The van der Waals surface area contributed by atoms with Gasteiger partial charge < -0.3 is 0 Å². The van der Waals surface area contributed by atoms with E-state index in [1.807, 2.05) is 42.5 Å². The van der Waals surface area contributed by atoms with Crippen LogP contribution in [0.4, 0.5) is 0 Å². The first kappa shape index (κ1) is 18.1. The van der Waals surface area contributed by atoms with E-state index in [2.05, 4.69) is 5.10 Å². The third-order valence-electron chi connectivity index (χ3n) is 4.59. The molecule has 4 rings (SSSR count). The lowest BCUT2D eigenvalue weighted by Gasteiger charge is -2.11. The van der Waals surface area contributed by atoms with Crippen molar-refractivity contribution in [1.82, 2.24) is 9.78 Å². The van der Waals surface area contributed by atoms with Gasteiger partial charge in [0.05, 0.1) is 28.3 Å². The van der Waals surface area contributed by atoms with Crippen molar-refractivity contribution in [3.8, 4) is 11.3 Å². The van der Waals surface area contributed by atoms with Gasteiger partial charge in [-0.1, -0.05) is 66.7 Å². The van der Waals surface area contributed by atoms with Gasteiger partial charge >= 0.3 is 0 Å². The van der Waals surface area contributed by atoms with Gasteiger partial charge in [0.15, 0.2) is 9.84 Å². The number of aryl methyl sites for hydroxylation is 1. The Hall–Kier alpha value is -3.25. The van der Waals surface area contributed by atoms with Crippen molar-refractivity contribution >= 4 is 20.6 Å². The fraction of sp³-hybridized carbons (Fsp3) is 0.0909. The molecule has 0 saturated carbocycles. The fourth-order valence-corrected chi connectivity index (χ4v) is 4.37. The van der Waals surface area contributed by atoms with Crippen molar-refractivity contribution in [3.05, 3.63) is 95.3 Å². The predicted molar refractivity (Wildman–Crippen MR) is 110 cm³/mol. The average Bonchev–Trinajstić information content (AvgIpc) is 2.75. The number of nitrogens with zero attached hydrogens (tertiary/aromatic N) is 2. The van der Waals surface area contributed by atoms with E-state index in [1.54, 1.807) is 42.5 Å². The lowest BCUT2D eigenvalue weighted by atomic mass is 10.1. The maximum absolute atomic E-state index is 12.9. The fourth-order valence-electron chi connectivity index (χ4n) is 3.15. The summed E-state index contributed by atoms with van der Waals surface area (Å²) in [5.74, 6) is -0.198. The van der Waals surface area contributed by atoms with E-state index < -0.39 is 9.84 Å². The van der Waals surface area contributed by atoms with Crippen LogP contribution >= 0.6 is 0 Å². The van der Waals surface area contributed by atoms with Crippen molar-refractivity contribution in [1.29, 1.82) is 0 Å². The van der Waals surface area contributed by atoms with Crippen molar-refractivity contribution in [2.45, 2.75) is 11.4 Å². The van der Waals surface area contributed by atoms with E-state index in [0.717, 1.165) is 10.9 Å². The van der Waals surface area contributed by atoms with Crippen LogP contribution in [0, 0.1) is 0 Å². The van der Waals surface area contributed by atoms with E-state index in [9.17, 15) is 13.2 Å². The first-order valence-electron chi connectivity index (χ1n) is 8.89. The molecular formula is C22H18N2O3S. The van der Waals surface area contributed by atoms with Gasteiger partial charge in [0.1, 0.15) is 0 Å². The molecule has 0 N–H and O–H groups in total. The van der Waals surface area contributed by atoms with E-state index in [-0.39, 0.29) is 22.8 Å². The molecule has 0 aliphatic heterocycles. The zero-order valence-electron chi connectivity index (χ0n) is 15.0. The van der Waals surface area contributed by atoms with E-state index in [0.29, 0.717) is 11.1 Å². The van der Waals surface area contributed by atoms with Crippen LogP contribution in [0.1, 0.15) is 0 Å². The summed E-state index contributed by atoms with van der Waals surface area (Å²) in [4.78, 5) is 13.1. The van der Waals surface area contributed by atoms with Gasteiger partial charge in [-0.15, -0.1) is 0 Å². The van der Waals surface area contributed by atoms with Crippen molar-refractivity contribution in [2.24, 2.45) is 0 Å². The summed E-state index contributed by atoms with van der Waals surface area (Å²) in [7, 11) is -3.51. The van der Waals surface area contributed by atoms with Crippen LogP contribution in [0.25, 0.3) is 22.0 Å². The Bertz CT molecular complexity index is 1280. The molecular weight excluding hydrogens is 372 g/mol. The zero-order chi connectivity index (χ0) is 19.6. The Kier molecular flexibility index (Phi) is 4.79. The summed E-state index contributed by atoms with van der Waals surface area (Å²) in [6, 6.07) is 25.1. The monoisotopic (exact) mass is 390 g/mol. The maximum atomic E-state index is 12.9. The summed E-state index contributed by atoms with van der Waals surface area (Å²) in [5, 5.41) is 5.78. The molecule has 5 nitrogen and oxygen atoms in total. The Morgan fingerprint density at radius 1 is 0.750 bits per heavy atom. The summed E-state index contributed by atoms with van der Waals surface area (Å²) in [6.45, 7) is -0.0132. The second-order valence-electron chi connectivity index (χ2n) is 6.42. The van der Waals surface area contributed by atoms with Gasteiger partial charge in [-0.3, -0.25) is 4.79 Å². The standard InChI is InChI=1S/C22H18N2O3S/c25-22-20-14-8-7-13-19(20)21(17-9-3-1-4-10-17)23-24(22)15-16-28(26,27)18-11-5-2-6-12-18/h1-14H,15-16H2. The molecule has 6 heteroatoms. The van der Waals surface area contributed by atoms with Gasteiger partial charge in [-0.05, 0) is 18.2 Å². The smallest absolute Gasteiger partial charge is 0.267 e. The van der Waals surface area contributed by atoms with Crippen molar-refractivity contribution < 1.29 is 8.42 Å². The number of aromatic nitrogens is 2. The first-order valence-corrected chi connectivity index (χ1v) is 10.5. The third-order valence-corrected chi connectivity index (χ3v) is 6.30. The number of sulfone groups is 1. The van der Waals surface area contributed by atoms with Crippen LogP contribution in [-0.2, 0) is 16.4 Å². The molecule has 0 fully saturated rings. The molecule has 28 heavy (non-hydrogen) atoms. The largest absolute Gasteiger partial charge is 0.274 e. The number of hydrogen-bond donors (Lipinski definition) is 0. The molecule has 1 aromatic heterocycles. The molecule has 0 unspecified atom stereocenters. The molecule has 0 bridgehead atoms. The van der Waals surface area contributed by atoms with Gasteiger partial charge in [0, 0.05) is 10.9 Å². The van der Waals surface area contributed by atoms with E-state index >= 15 is 0 Å². The molecule has 140 valence electrons. The number of hydrogen-bond acceptors (Lipinski definition) is 4. The first-order chi connectivity index (χ1) is 13.6. The molecule has 0 aliphatic carbocycles. The van der Waals surface area contributed by atoms with E-state index in [1.165, 1.54) is 4.68 Å². The summed E-state index contributed by atoms with van der Waals surface area (Å²) >= 11 is 0. The topological polar surface area (TPSA) is 69.0 Å². The Balaban J connectivity index is 1.78. The molecule has 0 amide bonds. The molecule has 1 heterocycles. The van der Waals surface area contributed by atoms with Gasteiger partial charge in [0.2, 0.25) is 0 Å². The zero-order valence-corrected chi connectivity index (χ0v) is 15.8. The highest BCUT2D eigenvalue weighted by Gasteiger charge is 2.17. The lowest BCUT2D eigenvalue weighted by Crippen LogP contribution is -2.27. The molecule has 0 radical (unpaired) electrons. The van der Waals surface area contributed by atoms with Gasteiger partial charge in [0.25, 0.3) is 5.56 Å². The quantitative estimate of drug-likeness (QED) is 0.523. The molecule has 0 spiro atoms. The Morgan fingerprint density at radius 2 is 1.32 bits per heavy atom. The summed E-state index contributed by atoms with van der Waals surface area (Å²) in [6.07, 6.45) is 0. The SMILES string of the molecule is O=c1c2ccccc2c(-c2ccccc2)nn1CCS(=O)(=O)c1ccccc1. The lowest BCUT2D eigenvalue weighted by molar-refractivity contribution is 0.574. The van der Waals surface area contributed by atoms with E-state index in [4.69, 9.17) is 0 Å². The minimum Gasteiger partial charge on any atom is -0.267 e. The highest BCUT2D eigenvalue weighted by molar-refractivity contribution is 7.91. The molecule has 0 atom stereocenters. The number of benzene rings is 3. The van der Waals surface area contributed by atoms with Gasteiger partial charge in [-0.2, -0.15) is 5.10 Å². The number of rotatable bonds is 5. The van der Waals surface area contributed by atoms with Crippen LogP contribution in [0.2, 0.25) is 0 Å². The normalized spacial score (nSPS) is 11.6.